The van der Waals surface area contributed by atoms with Gasteiger partial charge in [-0.1, -0.05) is 18.2 Å². The van der Waals surface area contributed by atoms with Crippen LogP contribution >= 0.6 is 22.6 Å². The van der Waals surface area contributed by atoms with Crippen molar-refractivity contribution in [1.29, 1.82) is 0 Å². The van der Waals surface area contributed by atoms with E-state index in [1.165, 1.54) is 7.11 Å². The normalized spacial score (nSPS) is 10.0. The van der Waals surface area contributed by atoms with Crippen molar-refractivity contribution in [3.8, 4) is 5.88 Å². The van der Waals surface area contributed by atoms with Gasteiger partial charge in [-0.15, -0.1) is 0 Å². The first-order valence-electron chi connectivity index (χ1n) is 5.02. The van der Waals surface area contributed by atoms with E-state index in [1.807, 2.05) is 18.2 Å². The summed E-state index contributed by atoms with van der Waals surface area (Å²) in [6, 6.07) is 12.6. The van der Waals surface area contributed by atoms with Gasteiger partial charge in [0.25, 0.3) is 0 Å². The van der Waals surface area contributed by atoms with Crippen molar-refractivity contribution < 1.29 is 9.53 Å². The van der Waals surface area contributed by atoms with Gasteiger partial charge in [0.1, 0.15) is 5.69 Å². The highest BCUT2D eigenvalue weighted by Gasteiger charge is 2.13. The minimum absolute atomic E-state index is 0.0890. The Hall–Kier alpha value is -1.43. The lowest BCUT2D eigenvalue weighted by Gasteiger charge is -2.04. The Balaban J connectivity index is 2.40. The molecule has 1 aromatic heterocycles. The molecule has 0 N–H and O–H groups in total. The van der Waals surface area contributed by atoms with Gasteiger partial charge >= 0.3 is 0 Å². The van der Waals surface area contributed by atoms with Crippen LogP contribution in [0, 0.1) is 3.57 Å². The Morgan fingerprint density at radius 2 is 1.94 bits per heavy atom. The second kappa shape index (κ2) is 5.27. The van der Waals surface area contributed by atoms with Crippen LogP contribution in [0.4, 0.5) is 0 Å². The summed E-state index contributed by atoms with van der Waals surface area (Å²) in [6.45, 7) is 0. The maximum Gasteiger partial charge on any atom is 0.213 e. The third kappa shape index (κ3) is 2.63. The van der Waals surface area contributed by atoms with Crippen LogP contribution in [0.2, 0.25) is 0 Å². The predicted molar refractivity (Wildman–Crippen MR) is 73.4 cm³/mol. The number of rotatable bonds is 3. The van der Waals surface area contributed by atoms with Crippen LogP contribution in [0.15, 0.2) is 42.5 Å². The molecule has 0 aliphatic carbocycles. The number of ketones is 1. The number of hydrogen-bond donors (Lipinski definition) is 0. The van der Waals surface area contributed by atoms with E-state index in [2.05, 4.69) is 27.6 Å². The molecular weight excluding hydrogens is 329 g/mol. The molecule has 2 rings (SSSR count). The Morgan fingerprint density at radius 1 is 1.18 bits per heavy atom. The highest BCUT2D eigenvalue weighted by molar-refractivity contribution is 14.1. The fourth-order valence-corrected chi connectivity index (χ4v) is 2.07. The SMILES string of the molecule is COc1cccc(C(=O)c2ccccc2I)n1. The Kier molecular flexibility index (Phi) is 3.73. The quantitative estimate of drug-likeness (QED) is 0.638. The van der Waals surface area contributed by atoms with Crippen LogP contribution < -0.4 is 4.74 Å². The molecule has 0 amide bonds. The number of hydrogen-bond acceptors (Lipinski definition) is 3. The van der Waals surface area contributed by atoms with Crippen molar-refractivity contribution in [2.45, 2.75) is 0 Å². The van der Waals surface area contributed by atoms with E-state index in [0.29, 0.717) is 17.1 Å². The van der Waals surface area contributed by atoms with Crippen LogP contribution in [0.25, 0.3) is 0 Å². The van der Waals surface area contributed by atoms with Crippen molar-refractivity contribution in [3.05, 3.63) is 57.3 Å². The molecule has 0 radical (unpaired) electrons. The summed E-state index contributed by atoms with van der Waals surface area (Å²) in [5.74, 6) is 0.357. The number of carbonyl (C=O) groups is 1. The van der Waals surface area contributed by atoms with E-state index in [4.69, 9.17) is 4.74 Å². The molecule has 0 atom stereocenters. The third-order valence-corrected chi connectivity index (χ3v) is 3.22. The third-order valence-electron chi connectivity index (χ3n) is 2.28. The van der Waals surface area contributed by atoms with Gasteiger partial charge in [0.2, 0.25) is 11.7 Å². The van der Waals surface area contributed by atoms with Gasteiger partial charge in [-0.05, 0) is 40.8 Å². The van der Waals surface area contributed by atoms with Gasteiger partial charge in [-0.25, -0.2) is 4.98 Å². The molecule has 0 unspecified atom stereocenters. The van der Waals surface area contributed by atoms with Gasteiger partial charge in [0.05, 0.1) is 7.11 Å². The molecule has 1 heterocycles. The average molecular weight is 339 g/mol. The molecule has 0 saturated carbocycles. The standard InChI is InChI=1S/C13H10INO2/c1-17-12-8-4-7-11(15-12)13(16)9-5-2-3-6-10(9)14/h2-8H,1H3. The highest BCUT2D eigenvalue weighted by Crippen LogP contribution is 2.16. The van der Waals surface area contributed by atoms with Gasteiger partial charge in [0.15, 0.2) is 0 Å². The molecule has 0 aliphatic heterocycles. The molecule has 86 valence electrons. The van der Waals surface area contributed by atoms with E-state index in [9.17, 15) is 4.79 Å². The summed E-state index contributed by atoms with van der Waals surface area (Å²) in [6.07, 6.45) is 0. The second-order valence-electron chi connectivity index (χ2n) is 3.37. The van der Waals surface area contributed by atoms with Crippen molar-refractivity contribution in [2.24, 2.45) is 0 Å². The summed E-state index contributed by atoms with van der Waals surface area (Å²) >= 11 is 2.14. The van der Waals surface area contributed by atoms with Crippen molar-refractivity contribution in [3.63, 3.8) is 0 Å². The first-order valence-corrected chi connectivity index (χ1v) is 6.10. The van der Waals surface area contributed by atoms with Gasteiger partial charge in [-0.3, -0.25) is 4.79 Å². The van der Waals surface area contributed by atoms with Crippen LogP contribution in [0.5, 0.6) is 5.88 Å². The summed E-state index contributed by atoms with van der Waals surface area (Å²) in [7, 11) is 1.53. The maximum atomic E-state index is 12.2. The zero-order valence-electron chi connectivity index (χ0n) is 9.18. The predicted octanol–water partition coefficient (Wildman–Crippen LogP) is 2.93. The number of carbonyl (C=O) groups excluding carboxylic acids is 1. The highest BCUT2D eigenvalue weighted by atomic mass is 127. The number of pyridine rings is 1. The average Bonchev–Trinajstić information content (AvgIpc) is 2.38. The Morgan fingerprint density at radius 3 is 2.65 bits per heavy atom. The van der Waals surface area contributed by atoms with Gasteiger partial charge < -0.3 is 4.74 Å². The van der Waals surface area contributed by atoms with Gasteiger partial charge in [0, 0.05) is 15.2 Å². The zero-order chi connectivity index (χ0) is 12.3. The van der Waals surface area contributed by atoms with Gasteiger partial charge in [-0.2, -0.15) is 0 Å². The fourth-order valence-electron chi connectivity index (χ4n) is 1.44. The van der Waals surface area contributed by atoms with E-state index < -0.39 is 0 Å². The maximum absolute atomic E-state index is 12.2. The molecular formula is C13H10INO2. The summed E-state index contributed by atoms with van der Waals surface area (Å²) in [5, 5.41) is 0. The topological polar surface area (TPSA) is 39.2 Å². The van der Waals surface area contributed by atoms with E-state index in [-0.39, 0.29) is 5.78 Å². The van der Waals surface area contributed by atoms with Crippen molar-refractivity contribution in [1.82, 2.24) is 4.98 Å². The zero-order valence-corrected chi connectivity index (χ0v) is 11.3. The molecule has 0 spiro atoms. The van der Waals surface area contributed by atoms with Crippen LogP contribution in [-0.4, -0.2) is 17.9 Å². The second-order valence-corrected chi connectivity index (χ2v) is 4.54. The molecule has 0 fully saturated rings. The van der Waals surface area contributed by atoms with E-state index >= 15 is 0 Å². The number of nitrogens with zero attached hydrogens (tertiary/aromatic N) is 1. The number of halogens is 1. The minimum Gasteiger partial charge on any atom is -0.481 e. The van der Waals surface area contributed by atoms with E-state index in [0.717, 1.165) is 3.57 Å². The largest absolute Gasteiger partial charge is 0.481 e. The Bertz CT molecular complexity index is 555. The lowest BCUT2D eigenvalue weighted by Crippen LogP contribution is -2.06. The van der Waals surface area contributed by atoms with Crippen LogP contribution in [-0.2, 0) is 0 Å². The number of ether oxygens (including phenoxy) is 1. The molecule has 17 heavy (non-hydrogen) atoms. The summed E-state index contributed by atoms with van der Waals surface area (Å²) < 4.78 is 5.92. The lowest BCUT2D eigenvalue weighted by atomic mass is 10.1. The summed E-state index contributed by atoms with van der Waals surface area (Å²) in [5.41, 5.74) is 1.06. The fraction of sp³-hybridized carbons (Fsp3) is 0.0769. The molecule has 0 bridgehead atoms. The molecule has 3 nitrogen and oxygen atoms in total. The molecule has 2 aromatic rings. The van der Waals surface area contributed by atoms with Crippen molar-refractivity contribution >= 4 is 28.4 Å². The Labute approximate surface area is 113 Å². The lowest BCUT2D eigenvalue weighted by molar-refractivity contribution is 0.103. The number of benzene rings is 1. The van der Waals surface area contributed by atoms with Crippen molar-refractivity contribution in [2.75, 3.05) is 7.11 Å². The van der Waals surface area contributed by atoms with Crippen LogP contribution in [0.3, 0.4) is 0 Å². The first kappa shape index (κ1) is 12.0. The van der Waals surface area contributed by atoms with Crippen LogP contribution in [0.1, 0.15) is 16.1 Å². The van der Waals surface area contributed by atoms with E-state index in [1.54, 1.807) is 24.3 Å². The summed E-state index contributed by atoms with van der Waals surface area (Å²) in [4.78, 5) is 16.3. The molecule has 1 aromatic carbocycles. The number of aromatic nitrogens is 1. The smallest absolute Gasteiger partial charge is 0.213 e. The molecule has 0 saturated heterocycles. The minimum atomic E-state index is -0.0890. The monoisotopic (exact) mass is 339 g/mol. The molecule has 4 heteroatoms. The first-order chi connectivity index (χ1) is 8.22. The number of methoxy groups -OCH3 is 1. The molecule has 0 aliphatic rings.